The van der Waals surface area contributed by atoms with Crippen molar-refractivity contribution < 1.29 is 92.0 Å². The molecule has 0 spiro atoms. The Morgan fingerprint density at radius 2 is 0.504 bits per heavy atom. The molecule has 0 aliphatic carbocycles. The molecule has 141 heavy (non-hydrogen) atoms. The van der Waals surface area contributed by atoms with Gasteiger partial charge in [0.25, 0.3) is 5.91 Å². The summed E-state index contributed by atoms with van der Waals surface area (Å²) in [5.74, 6) is -12.9. The van der Waals surface area contributed by atoms with Crippen molar-refractivity contribution in [2.75, 3.05) is 91.6 Å². The third-order valence-electron chi connectivity index (χ3n) is 21.2. The number of nitrogens with two attached hydrogens (primary N) is 8. The molecule has 0 unspecified atom stereocenters. The Hall–Kier alpha value is -16.0. The van der Waals surface area contributed by atoms with Crippen LogP contribution in [0.1, 0.15) is 181 Å². The zero-order chi connectivity index (χ0) is 104. The Morgan fingerprint density at radius 1 is 0.270 bits per heavy atom. The molecule has 1 heterocycles. The first-order valence-electron chi connectivity index (χ1n) is 46.1. The van der Waals surface area contributed by atoms with E-state index in [4.69, 9.17) is 88.5 Å². The van der Waals surface area contributed by atoms with Crippen molar-refractivity contribution in [2.24, 2.45) is 45.9 Å². The first-order chi connectivity index (χ1) is 67.1. The lowest BCUT2D eigenvalue weighted by atomic mass is 9.76. The summed E-state index contributed by atoms with van der Waals surface area (Å²) in [5.41, 5.74) is 42.3. The minimum absolute atomic E-state index is 0.0136. The van der Waals surface area contributed by atoms with Gasteiger partial charge in [-0.2, -0.15) is 0 Å². The molecule has 4 rings (SSSR count). The van der Waals surface area contributed by atoms with Gasteiger partial charge in [0, 0.05) is 171 Å². The van der Waals surface area contributed by atoms with Crippen LogP contribution in [0.2, 0.25) is 0 Å². The summed E-state index contributed by atoms with van der Waals surface area (Å²) >= 11 is 0. The maximum atomic E-state index is 13.9. The predicted octanol–water partition coefficient (Wildman–Crippen LogP) is -8.46. The number of aliphatic hydroxyl groups is 1. The minimum Gasteiger partial charge on any atom is -0.508 e. The van der Waals surface area contributed by atoms with Gasteiger partial charge in [-0.15, -0.1) is 0 Å². The first kappa shape index (κ1) is 117. The number of guanidine groups is 7. The number of ether oxygens (including phenoxy) is 1. The maximum absolute atomic E-state index is 13.9. The summed E-state index contributed by atoms with van der Waals surface area (Å²) in [5, 5.41) is 140. The quantitative estimate of drug-likeness (QED) is 0.0142. The number of primary amides is 1. The molecule has 0 saturated heterocycles. The van der Waals surface area contributed by atoms with Gasteiger partial charge in [0.2, 0.25) is 82.7 Å². The second-order valence-corrected chi connectivity index (χ2v) is 32.7. The number of phenolic OH excluding ortho intramolecular Hbond substituents is 2. The average molecular weight is 1980 g/mol. The largest absolute Gasteiger partial charge is 0.508 e. The van der Waals surface area contributed by atoms with Gasteiger partial charge in [-0.1, -0.05) is 24.6 Å². The van der Waals surface area contributed by atoms with Gasteiger partial charge in [0.15, 0.2) is 41.7 Å². The van der Waals surface area contributed by atoms with Crippen molar-refractivity contribution in [1.82, 2.24) is 112 Å². The molecule has 0 fully saturated rings. The second kappa shape index (κ2) is 64.1. The van der Waals surface area contributed by atoms with Crippen molar-refractivity contribution in [2.45, 2.75) is 202 Å². The Morgan fingerprint density at radius 3 is 0.759 bits per heavy atom. The molecule has 3 aromatic rings. The number of amides is 15. The van der Waals surface area contributed by atoms with E-state index in [0.29, 0.717) is 25.7 Å². The van der Waals surface area contributed by atoms with Crippen LogP contribution in [-0.4, -0.2) is 280 Å². The molecular formula is C86H140N36O19. The number of nitrogens with one attached hydrogen (secondary N) is 28. The number of hydrogen-bond acceptors (Lipinski definition) is 26. The van der Waals surface area contributed by atoms with E-state index < -0.39 is 156 Å². The summed E-state index contributed by atoms with van der Waals surface area (Å²) in [6.45, 7) is -0.647. The number of fused-ring (bicyclic) bond motifs is 2. The van der Waals surface area contributed by atoms with Crippen LogP contribution in [0.4, 0.5) is 0 Å². The van der Waals surface area contributed by atoms with E-state index >= 15 is 0 Å². The van der Waals surface area contributed by atoms with Crippen molar-refractivity contribution in [3.63, 3.8) is 0 Å². The zero-order valence-electron chi connectivity index (χ0n) is 78.7. The smallest absolute Gasteiger partial charge is 0.251 e. The molecule has 3 aromatic carbocycles. The fraction of sp³-hybridized carbons (Fsp3) is 0.535. The van der Waals surface area contributed by atoms with Crippen molar-refractivity contribution in [1.29, 1.82) is 37.9 Å². The van der Waals surface area contributed by atoms with Crippen LogP contribution in [0.5, 0.6) is 23.0 Å². The van der Waals surface area contributed by atoms with Gasteiger partial charge in [0.05, 0.1) is 0 Å². The predicted molar refractivity (Wildman–Crippen MR) is 518 cm³/mol. The molecule has 55 nitrogen and oxygen atoms in total. The molecule has 0 bridgehead atoms. The number of unbranched alkanes of at least 4 members (excludes halogenated alkanes) is 2. The van der Waals surface area contributed by atoms with Crippen LogP contribution in [-0.2, 0) is 72.7 Å². The van der Waals surface area contributed by atoms with Gasteiger partial charge in [-0.25, -0.2) is 0 Å². The first-order valence-corrected chi connectivity index (χ1v) is 46.1. The van der Waals surface area contributed by atoms with Gasteiger partial charge < -0.3 is 178 Å². The summed E-state index contributed by atoms with van der Waals surface area (Å²) in [4.78, 5) is 202. The Bertz CT molecular complexity index is 4740. The van der Waals surface area contributed by atoms with Gasteiger partial charge in [0.1, 0.15) is 70.9 Å². The molecule has 47 N–H and O–H groups in total. The van der Waals surface area contributed by atoms with Crippen LogP contribution >= 0.6 is 0 Å². The van der Waals surface area contributed by atoms with Gasteiger partial charge in [-0.05, 0) is 133 Å². The Labute approximate surface area is 813 Å². The monoisotopic (exact) mass is 1980 g/mol. The van der Waals surface area contributed by atoms with Crippen LogP contribution in [0.15, 0.2) is 60.7 Å². The third-order valence-corrected chi connectivity index (χ3v) is 21.2. The lowest BCUT2D eigenvalue weighted by Crippen LogP contribution is -2.51. The van der Waals surface area contributed by atoms with E-state index in [-0.39, 0.29) is 288 Å². The van der Waals surface area contributed by atoms with Crippen LogP contribution in [0.3, 0.4) is 0 Å². The lowest BCUT2D eigenvalue weighted by molar-refractivity contribution is -0.131. The average Bonchev–Trinajstić information content (AvgIpc) is 0.718. The normalized spacial score (nSPS) is 12.8. The molecular weight excluding hydrogens is 1840 g/mol. The standard InChI is InChI=1S/C86H140N36O19/c87-71(132)55(15-6-34-109-79(88)89)116-65(126)27-41-103-74(135)57(17-8-36-111-81(92)93)118-67(128)29-43-105-76(137)59(19-10-38-113-83(96)97)120-69(130)31-45-107-78(139)61(21-12-40-115-85(100)101)122-70(131)32-46-108-77(138)60(20-11-39-114-84(98)99)121-68(129)30-44-106-75(136)58(18-9-37-112-82(94)95)119-66(127)28-42-104-73(134)56(16-7-35-110-80(90)91)117-64(125)22-2-1-5-33-102-72(133)51-13-3-4-14-52(51)86(140)53-25-23-49(123)47-62(53)141-63-48-50(124)24-26-54(63)86/h3-4,13-14,23-26,47-48,55-61,123-124,140H,1-2,5-12,15-22,27-46H2,(H2,87,132)(H,102,133)(H,103,135)(H,104,134)(H,105,137)(H,106,136)(H,107,139)(H,108,138)(H,116,126)(H,117,125)(H,118,128)(H,119,127)(H,120,130)(H,121,129)(H,122,131)(H4,88,89,109)(H4,90,91,110)(H4,92,93,111)(H4,94,95,112)(H4,96,97,113)(H4,98,99,114)(H4,100,101,115)/t55-,56-,57-,58-,59-,60-,61-/m1/s1. The number of carbonyl (C=O) groups excluding carboxylic acids is 15. The van der Waals surface area contributed by atoms with E-state index in [1.807, 2.05) is 0 Å². The molecule has 7 atom stereocenters. The molecule has 0 radical (unpaired) electrons. The highest BCUT2D eigenvalue weighted by Crippen LogP contribution is 2.52. The molecule has 15 amide bonds. The summed E-state index contributed by atoms with van der Waals surface area (Å²) in [6.07, 6.45) is 0.605. The van der Waals surface area contributed by atoms with E-state index in [2.05, 4.69) is 112 Å². The molecule has 55 heteroatoms. The fourth-order valence-electron chi connectivity index (χ4n) is 14.2. The SMILES string of the molecule is N=C(N)NCCC[C@@H](NC(=O)CCNC(=O)[C@@H](CCCNC(=N)N)NC(=O)CCNC(=O)[C@@H](CCCNC(=N)N)NC(=O)CCNC(=O)[C@@H](CCCNC(=N)N)NC(=O)CCNC(=O)[C@@H](CCCNC(=N)N)NC(=O)CCNC(=O)[C@@H](CCCNC(=N)N)NC(=O)CCNC(=O)[C@@H](CCCNC(=N)N)NC(=O)CCCCCNC(=O)c1ccccc1C1(O)c2ccc(O)cc2Oc2cc(O)ccc21)C(N)=O. The summed E-state index contributed by atoms with van der Waals surface area (Å²) in [7, 11) is 0. The van der Waals surface area contributed by atoms with Crippen molar-refractivity contribution in [3.05, 3.63) is 82.9 Å². The molecule has 1 aliphatic rings. The van der Waals surface area contributed by atoms with Crippen LogP contribution in [0, 0.1) is 37.9 Å². The van der Waals surface area contributed by atoms with Gasteiger partial charge in [-0.3, -0.25) is 110 Å². The van der Waals surface area contributed by atoms with Crippen LogP contribution < -0.4 is 162 Å². The Balaban J connectivity index is 1.30. The Kier molecular flexibility index (Phi) is 53.3. The van der Waals surface area contributed by atoms with Crippen molar-refractivity contribution in [3.8, 4) is 23.0 Å². The lowest BCUT2D eigenvalue weighted by Gasteiger charge is -2.37. The maximum Gasteiger partial charge on any atom is 0.251 e. The number of rotatable bonds is 68. The van der Waals surface area contributed by atoms with E-state index in [0.717, 1.165) is 0 Å². The van der Waals surface area contributed by atoms with E-state index in [1.165, 1.54) is 36.4 Å². The summed E-state index contributed by atoms with van der Waals surface area (Å²) < 4.78 is 5.96. The molecule has 0 saturated carbocycles. The van der Waals surface area contributed by atoms with E-state index in [9.17, 15) is 87.2 Å². The second-order valence-electron chi connectivity index (χ2n) is 32.7. The third kappa shape index (κ3) is 47.5. The number of carbonyl (C=O) groups is 15. The van der Waals surface area contributed by atoms with Gasteiger partial charge >= 0.3 is 0 Å². The number of phenols is 2. The fourth-order valence-corrected chi connectivity index (χ4v) is 14.2. The highest BCUT2D eigenvalue weighted by Gasteiger charge is 2.45. The number of hydrogen-bond donors (Lipinski definition) is 39. The summed E-state index contributed by atoms with van der Waals surface area (Å²) in [6, 6.07) is 6.41. The van der Waals surface area contributed by atoms with E-state index in [1.54, 1.807) is 24.3 Å². The molecule has 778 valence electrons. The highest BCUT2D eigenvalue weighted by atomic mass is 16.5. The topological polar surface area (TPSA) is 954 Å². The number of benzene rings is 3. The zero-order valence-corrected chi connectivity index (χ0v) is 78.7. The van der Waals surface area contributed by atoms with Crippen molar-refractivity contribution >= 4 is 130 Å². The van der Waals surface area contributed by atoms with Crippen LogP contribution in [0.25, 0.3) is 0 Å². The number of aromatic hydroxyl groups is 2. The molecule has 1 aliphatic heterocycles. The highest BCUT2D eigenvalue weighted by molar-refractivity contribution is 5.98. The minimum atomic E-state index is -1.96. The molecule has 0 aromatic heterocycles.